The minimum atomic E-state index is -0.551. The van der Waals surface area contributed by atoms with E-state index in [1.807, 2.05) is 0 Å². The van der Waals surface area contributed by atoms with Crippen LogP contribution in [-0.2, 0) is 6.42 Å². The Morgan fingerprint density at radius 2 is 1.62 bits per heavy atom. The Bertz CT molecular complexity index is 452. The molecular formula is C15H22F2IN3. The van der Waals surface area contributed by atoms with Crippen LogP contribution in [0.2, 0.25) is 0 Å². The predicted molar refractivity (Wildman–Crippen MR) is 92.0 cm³/mol. The zero-order valence-corrected chi connectivity index (χ0v) is 14.4. The van der Waals surface area contributed by atoms with E-state index in [4.69, 9.17) is 5.73 Å². The maximum Gasteiger partial charge on any atom is 0.191 e. The molecule has 1 aliphatic heterocycles. The van der Waals surface area contributed by atoms with Crippen LogP contribution < -0.4 is 5.73 Å². The number of nitrogens with zero attached hydrogens (tertiary/aromatic N) is 2. The van der Waals surface area contributed by atoms with Gasteiger partial charge in [-0.05, 0) is 37.0 Å². The normalized spacial score (nSPS) is 16.3. The van der Waals surface area contributed by atoms with Crippen LogP contribution in [0.1, 0.15) is 31.2 Å². The quantitative estimate of drug-likeness (QED) is 0.473. The molecule has 2 rings (SSSR count). The third-order valence-electron chi connectivity index (χ3n) is 3.53. The second-order valence-corrected chi connectivity index (χ2v) is 5.17. The fourth-order valence-electron chi connectivity index (χ4n) is 2.45. The monoisotopic (exact) mass is 409 g/mol. The van der Waals surface area contributed by atoms with Crippen LogP contribution in [-0.4, -0.2) is 30.5 Å². The fraction of sp³-hybridized carbons (Fsp3) is 0.533. The van der Waals surface area contributed by atoms with Crippen LogP contribution in [0, 0.1) is 11.6 Å². The molecule has 0 amide bonds. The van der Waals surface area contributed by atoms with Gasteiger partial charge in [-0.25, -0.2) is 8.78 Å². The first-order valence-corrected chi connectivity index (χ1v) is 7.15. The molecule has 1 heterocycles. The maximum absolute atomic E-state index is 13.0. The van der Waals surface area contributed by atoms with E-state index in [2.05, 4.69) is 9.89 Å². The van der Waals surface area contributed by atoms with E-state index in [0.717, 1.165) is 32.0 Å². The van der Waals surface area contributed by atoms with Gasteiger partial charge in [-0.15, -0.1) is 24.0 Å². The van der Waals surface area contributed by atoms with Crippen molar-refractivity contribution in [3.63, 3.8) is 0 Å². The van der Waals surface area contributed by atoms with Crippen LogP contribution in [0.4, 0.5) is 8.78 Å². The van der Waals surface area contributed by atoms with E-state index >= 15 is 0 Å². The fourth-order valence-corrected chi connectivity index (χ4v) is 2.45. The third-order valence-corrected chi connectivity index (χ3v) is 3.53. The van der Waals surface area contributed by atoms with Gasteiger partial charge in [0, 0.05) is 25.7 Å². The zero-order chi connectivity index (χ0) is 14.4. The van der Waals surface area contributed by atoms with Crippen LogP contribution in [0.5, 0.6) is 0 Å². The largest absolute Gasteiger partial charge is 0.370 e. The van der Waals surface area contributed by atoms with E-state index in [1.165, 1.54) is 25.0 Å². The molecule has 0 spiro atoms. The molecule has 118 valence electrons. The lowest BCUT2D eigenvalue weighted by atomic mass is 10.1. The highest BCUT2D eigenvalue weighted by molar-refractivity contribution is 14.0. The summed E-state index contributed by atoms with van der Waals surface area (Å²) in [7, 11) is 0. The summed E-state index contributed by atoms with van der Waals surface area (Å²) < 4.78 is 26.1. The number of guanidine groups is 1. The molecule has 0 aromatic heterocycles. The Hall–Kier alpha value is -0.920. The maximum atomic E-state index is 13.0. The van der Waals surface area contributed by atoms with Crippen molar-refractivity contribution < 1.29 is 8.78 Å². The van der Waals surface area contributed by atoms with Gasteiger partial charge in [-0.2, -0.15) is 0 Å². The second kappa shape index (κ2) is 9.17. The van der Waals surface area contributed by atoms with Crippen molar-refractivity contribution in [2.75, 3.05) is 19.6 Å². The summed E-state index contributed by atoms with van der Waals surface area (Å²) in [5.41, 5.74) is 6.58. The minimum Gasteiger partial charge on any atom is -0.370 e. The number of likely N-dealkylation sites (tertiary alicyclic amines) is 1. The molecule has 0 atom stereocenters. The summed E-state index contributed by atoms with van der Waals surface area (Å²) in [6.07, 6.45) is 5.26. The van der Waals surface area contributed by atoms with Gasteiger partial charge >= 0.3 is 0 Å². The summed E-state index contributed by atoms with van der Waals surface area (Å²) in [4.78, 5) is 6.42. The van der Waals surface area contributed by atoms with Crippen LogP contribution in [0.3, 0.4) is 0 Å². The van der Waals surface area contributed by atoms with Crippen molar-refractivity contribution in [2.45, 2.75) is 32.1 Å². The molecule has 0 aliphatic carbocycles. The van der Waals surface area contributed by atoms with Gasteiger partial charge < -0.3 is 10.6 Å². The molecule has 0 saturated carbocycles. The number of halogens is 3. The van der Waals surface area contributed by atoms with E-state index in [-0.39, 0.29) is 24.0 Å². The Balaban J connectivity index is 0.00000220. The topological polar surface area (TPSA) is 41.6 Å². The van der Waals surface area contributed by atoms with Gasteiger partial charge in [0.15, 0.2) is 5.96 Å². The Labute approximate surface area is 141 Å². The predicted octanol–water partition coefficient (Wildman–Crippen LogP) is 3.32. The zero-order valence-electron chi connectivity index (χ0n) is 12.0. The Morgan fingerprint density at radius 1 is 1.05 bits per heavy atom. The SMILES string of the molecule is I.NC(=NCCc1cc(F)cc(F)c1)N1CCCCCC1. The summed E-state index contributed by atoms with van der Waals surface area (Å²) in [6, 6.07) is 3.54. The van der Waals surface area contributed by atoms with Gasteiger partial charge in [0.25, 0.3) is 0 Å². The number of benzene rings is 1. The van der Waals surface area contributed by atoms with E-state index in [1.54, 1.807) is 0 Å². The average Bonchev–Trinajstić information content (AvgIpc) is 2.66. The number of rotatable bonds is 3. The van der Waals surface area contributed by atoms with E-state index in [9.17, 15) is 8.78 Å². The number of nitrogens with two attached hydrogens (primary N) is 1. The highest BCUT2D eigenvalue weighted by Gasteiger charge is 2.10. The molecule has 1 aliphatic rings. The smallest absolute Gasteiger partial charge is 0.191 e. The average molecular weight is 409 g/mol. The first-order valence-electron chi connectivity index (χ1n) is 7.15. The molecule has 0 bridgehead atoms. The van der Waals surface area contributed by atoms with Crippen molar-refractivity contribution in [1.82, 2.24) is 4.90 Å². The summed E-state index contributed by atoms with van der Waals surface area (Å²) in [6.45, 7) is 2.35. The van der Waals surface area contributed by atoms with E-state index < -0.39 is 11.6 Å². The molecule has 2 N–H and O–H groups in total. The number of hydrogen-bond donors (Lipinski definition) is 1. The van der Waals surface area contributed by atoms with Gasteiger partial charge in [0.2, 0.25) is 0 Å². The lowest BCUT2D eigenvalue weighted by Crippen LogP contribution is -2.38. The van der Waals surface area contributed by atoms with Crippen molar-refractivity contribution in [3.8, 4) is 0 Å². The van der Waals surface area contributed by atoms with Gasteiger partial charge in [0.05, 0.1) is 0 Å². The molecule has 3 nitrogen and oxygen atoms in total. The van der Waals surface area contributed by atoms with Crippen LogP contribution in [0.25, 0.3) is 0 Å². The molecule has 1 saturated heterocycles. The van der Waals surface area contributed by atoms with E-state index in [0.29, 0.717) is 24.5 Å². The van der Waals surface area contributed by atoms with Crippen LogP contribution in [0.15, 0.2) is 23.2 Å². The van der Waals surface area contributed by atoms with Crippen molar-refractivity contribution in [2.24, 2.45) is 10.7 Å². The summed E-state index contributed by atoms with van der Waals surface area (Å²) >= 11 is 0. The molecule has 21 heavy (non-hydrogen) atoms. The second-order valence-electron chi connectivity index (χ2n) is 5.17. The molecule has 1 aromatic rings. The first-order chi connectivity index (χ1) is 9.65. The lowest BCUT2D eigenvalue weighted by molar-refractivity contribution is 0.428. The third kappa shape index (κ3) is 6.15. The minimum absolute atomic E-state index is 0. The van der Waals surface area contributed by atoms with Gasteiger partial charge in [0.1, 0.15) is 11.6 Å². The molecule has 6 heteroatoms. The van der Waals surface area contributed by atoms with Gasteiger partial charge in [-0.1, -0.05) is 12.8 Å². The first kappa shape index (κ1) is 18.1. The Morgan fingerprint density at radius 3 is 2.19 bits per heavy atom. The molecule has 1 fully saturated rings. The van der Waals surface area contributed by atoms with Crippen molar-refractivity contribution >= 4 is 29.9 Å². The Kier molecular flexibility index (Phi) is 7.92. The molecule has 1 aromatic carbocycles. The van der Waals surface area contributed by atoms with Crippen LogP contribution >= 0.6 is 24.0 Å². The van der Waals surface area contributed by atoms with Crippen molar-refractivity contribution in [1.29, 1.82) is 0 Å². The molecular weight excluding hydrogens is 387 g/mol. The van der Waals surface area contributed by atoms with Gasteiger partial charge in [-0.3, -0.25) is 4.99 Å². The molecule has 0 unspecified atom stereocenters. The van der Waals surface area contributed by atoms with Crippen molar-refractivity contribution in [3.05, 3.63) is 35.4 Å². The summed E-state index contributed by atoms with van der Waals surface area (Å²) in [5.74, 6) is -0.558. The molecule has 0 radical (unpaired) electrons. The summed E-state index contributed by atoms with van der Waals surface area (Å²) in [5, 5.41) is 0. The standard InChI is InChI=1S/C15H21F2N3.HI/c16-13-9-12(10-14(17)11-13)5-6-19-15(18)20-7-3-1-2-4-8-20;/h9-11H,1-8H2,(H2,18,19);1H. The highest BCUT2D eigenvalue weighted by atomic mass is 127. The lowest BCUT2D eigenvalue weighted by Gasteiger charge is -2.21. The number of aliphatic imine (C=N–C) groups is 1. The highest BCUT2D eigenvalue weighted by Crippen LogP contribution is 2.10. The number of hydrogen-bond acceptors (Lipinski definition) is 1.